The number of ketones is 1. The molecule has 11 heteroatoms. The summed E-state index contributed by atoms with van der Waals surface area (Å²) >= 11 is 0. The maximum Gasteiger partial charge on any atom is 0.251 e. The Balaban J connectivity index is 1.49. The highest BCUT2D eigenvalue weighted by atomic mass is 19.2. The molecule has 1 fully saturated rings. The van der Waals surface area contributed by atoms with E-state index in [-0.39, 0.29) is 48.3 Å². The third-order valence-corrected chi connectivity index (χ3v) is 7.05. The minimum absolute atomic E-state index is 0.0386. The van der Waals surface area contributed by atoms with Crippen LogP contribution in [0.4, 0.5) is 17.6 Å². The summed E-state index contributed by atoms with van der Waals surface area (Å²) in [7, 11) is 0. The van der Waals surface area contributed by atoms with Gasteiger partial charge in [0.1, 0.15) is 12.4 Å². The van der Waals surface area contributed by atoms with Crippen molar-refractivity contribution in [1.29, 1.82) is 0 Å². The van der Waals surface area contributed by atoms with Crippen molar-refractivity contribution in [3.8, 4) is 5.75 Å². The number of halogens is 4. The molecular formula is C33H32F4N2O5. The highest BCUT2D eigenvalue weighted by molar-refractivity contribution is 6.14. The fourth-order valence-corrected chi connectivity index (χ4v) is 4.83. The molecule has 1 amide bonds. The Morgan fingerprint density at radius 2 is 1.32 bits per heavy atom. The molecule has 3 N–H and O–H groups in total. The highest BCUT2D eigenvalue weighted by Crippen LogP contribution is 2.29. The highest BCUT2D eigenvalue weighted by Gasteiger charge is 2.29. The zero-order valence-electron chi connectivity index (χ0n) is 23.7. The molecule has 0 aromatic heterocycles. The lowest BCUT2D eigenvalue weighted by Crippen LogP contribution is -2.39. The number of ether oxygens (including phenoxy) is 1. The number of carbonyl (C=O) groups is 2. The number of nitrogens with zero attached hydrogens (tertiary/aromatic N) is 1. The molecule has 0 atom stereocenters. The van der Waals surface area contributed by atoms with Crippen LogP contribution in [0.1, 0.15) is 34.3 Å². The van der Waals surface area contributed by atoms with Gasteiger partial charge in [-0.3, -0.25) is 14.5 Å². The van der Waals surface area contributed by atoms with Crippen molar-refractivity contribution in [3.05, 3.63) is 112 Å². The van der Waals surface area contributed by atoms with E-state index in [0.717, 1.165) is 24.3 Å². The molecule has 44 heavy (non-hydrogen) atoms. The zero-order valence-corrected chi connectivity index (χ0v) is 23.7. The first-order chi connectivity index (χ1) is 21.2. The number of benzene rings is 3. The smallest absolute Gasteiger partial charge is 0.251 e. The van der Waals surface area contributed by atoms with Crippen molar-refractivity contribution < 1.29 is 42.1 Å². The molecule has 0 heterocycles. The Hall–Kier alpha value is -4.32. The predicted octanol–water partition coefficient (Wildman–Crippen LogP) is 4.54. The Kier molecular flexibility index (Phi) is 11.4. The standard InChI is InChI=1S/C33H32F4N2O5/c34-28-7-1-21(17-30(28)36)15-24-19-26(20-25(32(24)42)16-22-2-8-29(35)31(37)18-22)38-33(43)23-3-5-27(6-4-23)44-14-11-39(9-12-40)10-13-41/h1-8,15-18,26,40-41H,9-14,19-20H2,(H,38,43)/b24-15+,25-16+. The Labute approximate surface area is 252 Å². The minimum atomic E-state index is -1.08. The van der Waals surface area contributed by atoms with Crippen LogP contribution in [0.5, 0.6) is 5.75 Å². The molecule has 3 aromatic rings. The largest absolute Gasteiger partial charge is 0.492 e. The van der Waals surface area contributed by atoms with Crippen LogP contribution >= 0.6 is 0 Å². The Bertz CT molecular complexity index is 1460. The number of carbonyl (C=O) groups excluding carboxylic acids is 2. The van der Waals surface area contributed by atoms with Crippen molar-refractivity contribution in [2.75, 3.05) is 39.5 Å². The van der Waals surface area contributed by atoms with Crippen molar-refractivity contribution in [3.63, 3.8) is 0 Å². The summed E-state index contributed by atoms with van der Waals surface area (Å²) in [5, 5.41) is 21.1. The molecule has 232 valence electrons. The third kappa shape index (κ3) is 8.85. The van der Waals surface area contributed by atoms with Gasteiger partial charge in [-0.2, -0.15) is 0 Å². The first-order valence-electron chi connectivity index (χ1n) is 14.0. The average Bonchev–Trinajstić information content (AvgIpc) is 2.99. The van der Waals surface area contributed by atoms with E-state index in [1.54, 1.807) is 24.3 Å². The third-order valence-electron chi connectivity index (χ3n) is 7.05. The van der Waals surface area contributed by atoms with E-state index < -0.39 is 41.0 Å². The molecule has 1 aliphatic rings. The van der Waals surface area contributed by atoms with Crippen LogP contribution in [0.25, 0.3) is 12.2 Å². The summed E-state index contributed by atoms with van der Waals surface area (Å²) < 4.78 is 60.3. The van der Waals surface area contributed by atoms with Gasteiger partial charge in [0.25, 0.3) is 5.91 Å². The summed E-state index contributed by atoms with van der Waals surface area (Å²) in [4.78, 5) is 28.3. The zero-order chi connectivity index (χ0) is 31.6. The average molecular weight is 613 g/mol. The van der Waals surface area contributed by atoms with Gasteiger partial charge in [-0.1, -0.05) is 12.1 Å². The maximum atomic E-state index is 13.8. The molecule has 4 rings (SSSR count). The fraction of sp³-hybridized carbons (Fsp3) is 0.273. The number of Topliss-reactive ketones (excluding diaryl/α,β-unsaturated/α-hetero) is 1. The van der Waals surface area contributed by atoms with Crippen molar-refractivity contribution in [2.24, 2.45) is 0 Å². The van der Waals surface area contributed by atoms with Gasteiger partial charge in [0.2, 0.25) is 0 Å². The summed E-state index contributed by atoms with van der Waals surface area (Å²) in [5.41, 5.74) is 1.27. The number of rotatable bonds is 12. The van der Waals surface area contributed by atoms with Crippen LogP contribution in [0, 0.1) is 23.3 Å². The first kappa shape index (κ1) is 32.6. The molecule has 7 nitrogen and oxygen atoms in total. The maximum absolute atomic E-state index is 13.8. The second kappa shape index (κ2) is 15.4. The van der Waals surface area contributed by atoms with Crippen LogP contribution in [0.3, 0.4) is 0 Å². The lowest BCUT2D eigenvalue weighted by molar-refractivity contribution is -0.113. The molecule has 0 radical (unpaired) electrons. The molecule has 0 bridgehead atoms. The predicted molar refractivity (Wildman–Crippen MR) is 157 cm³/mol. The number of aliphatic hydroxyl groups excluding tert-OH is 2. The number of amides is 1. The van der Waals surface area contributed by atoms with Gasteiger partial charge >= 0.3 is 0 Å². The van der Waals surface area contributed by atoms with Gasteiger partial charge in [-0.25, -0.2) is 17.6 Å². The Morgan fingerprint density at radius 1 is 0.795 bits per heavy atom. The number of aliphatic hydroxyl groups is 2. The SMILES string of the molecule is O=C1/C(=C/c2ccc(F)c(F)c2)CC(NC(=O)c2ccc(OCCN(CCO)CCO)cc2)C/C1=C\c1ccc(F)c(F)c1. The fourth-order valence-electron chi connectivity index (χ4n) is 4.83. The van der Waals surface area contributed by atoms with Gasteiger partial charge in [0, 0.05) is 42.4 Å². The number of nitrogens with one attached hydrogen (secondary N) is 1. The minimum Gasteiger partial charge on any atom is -0.492 e. The van der Waals surface area contributed by atoms with E-state index in [9.17, 15) is 27.2 Å². The van der Waals surface area contributed by atoms with Crippen LogP contribution in [0.15, 0.2) is 71.8 Å². The Morgan fingerprint density at radius 3 is 1.80 bits per heavy atom. The summed E-state index contributed by atoms with van der Waals surface area (Å²) in [6, 6.07) is 12.3. The number of hydrogen-bond donors (Lipinski definition) is 3. The van der Waals surface area contributed by atoms with Crippen molar-refractivity contribution in [2.45, 2.75) is 18.9 Å². The van der Waals surface area contributed by atoms with E-state index in [1.165, 1.54) is 24.3 Å². The second-order valence-corrected chi connectivity index (χ2v) is 10.3. The lowest BCUT2D eigenvalue weighted by atomic mass is 9.83. The van der Waals surface area contributed by atoms with E-state index in [2.05, 4.69) is 5.32 Å². The summed E-state index contributed by atoms with van der Waals surface area (Å²) in [6.45, 7) is 1.54. The molecular weight excluding hydrogens is 580 g/mol. The van der Waals surface area contributed by atoms with E-state index in [1.807, 2.05) is 4.90 Å². The van der Waals surface area contributed by atoms with Crippen LogP contribution in [-0.4, -0.2) is 72.3 Å². The van der Waals surface area contributed by atoms with Crippen molar-refractivity contribution in [1.82, 2.24) is 10.2 Å². The van der Waals surface area contributed by atoms with Gasteiger partial charge in [0.05, 0.1) is 13.2 Å². The molecule has 1 saturated carbocycles. The van der Waals surface area contributed by atoms with Crippen LogP contribution in [0.2, 0.25) is 0 Å². The lowest BCUT2D eigenvalue weighted by Gasteiger charge is -2.27. The van der Waals surface area contributed by atoms with E-state index in [0.29, 0.717) is 37.6 Å². The first-order valence-corrected chi connectivity index (χ1v) is 14.0. The monoisotopic (exact) mass is 612 g/mol. The normalized spacial score (nSPS) is 17.0. The quantitative estimate of drug-likeness (QED) is 0.205. The van der Waals surface area contributed by atoms with Gasteiger partial charge in [-0.15, -0.1) is 0 Å². The van der Waals surface area contributed by atoms with Crippen molar-refractivity contribution >= 4 is 23.8 Å². The topological polar surface area (TPSA) is 99.1 Å². The van der Waals surface area contributed by atoms with Gasteiger partial charge < -0.3 is 20.3 Å². The van der Waals surface area contributed by atoms with Crippen LogP contribution < -0.4 is 10.1 Å². The van der Waals surface area contributed by atoms with Gasteiger partial charge in [-0.05, 0) is 84.7 Å². The molecule has 1 aliphatic carbocycles. The van der Waals surface area contributed by atoms with Gasteiger partial charge in [0.15, 0.2) is 29.1 Å². The summed E-state index contributed by atoms with van der Waals surface area (Å²) in [6.07, 6.45) is 3.02. The molecule has 0 spiro atoms. The van der Waals surface area contributed by atoms with Crippen LogP contribution in [-0.2, 0) is 4.79 Å². The molecule has 0 aliphatic heterocycles. The molecule has 0 saturated heterocycles. The van der Waals surface area contributed by atoms with E-state index >= 15 is 0 Å². The van der Waals surface area contributed by atoms with E-state index in [4.69, 9.17) is 14.9 Å². The molecule has 3 aromatic carbocycles. The summed E-state index contributed by atoms with van der Waals surface area (Å²) in [5.74, 6) is -4.54. The molecule has 0 unspecified atom stereocenters. The number of hydrogen-bond acceptors (Lipinski definition) is 6. The second-order valence-electron chi connectivity index (χ2n) is 10.3.